The van der Waals surface area contributed by atoms with Gasteiger partial charge in [-0.1, -0.05) is 0 Å². The molecule has 0 heterocycles. The summed E-state index contributed by atoms with van der Waals surface area (Å²) in [6, 6.07) is 0. The lowest BCUT2D eigenvalue weighted by atomic mass is 10.8. The van der Waals surface area contributed by atoms with Gasteiger partial charge in [-0.05, 0) is 13.3 Å². The first-order chi connectivity index (χ1) is 5.97. The van der Waals surface area contributed by atoms with E-state index in [2.05, 4.69) is 8.83 Å². The van der Waals surface area contributed by atoms with Crippen molar-refractivity contribution in [1.29, 1.82) is 0 Å². The van der Waals surface area contributed by atoms with E-state index in [9.17, 15) is 13.7 Å². The molecule has 0 aromatic carbocycles. The standard InChI is InChI=1S/C4H12BO6P3/c1-10-14(5,9)11-13(7,8)4-12(2,3)6/h4H2,1-3H3,(H,7,8). The van der Waals surface area contributed by atoms with Gasteiger partial charge in [-0.3, -0.25) is 9.13 Å². The first kappa shape index (κ1) is 14.6. The molecule has 0 saturated carbocycles. The van der Waals surface area contributed by atoms with E-state index in [4.69, 9.17) is 12.5 Å². The monoisotopic (exact) mass is 260 g/mol. The highest BCUT2D eigenvalue weighted by molar-refractivity contribution is 7.86. The topological polar surface area (TPSA) is 89.9 Å². The van der Waals surface area contributed by atoms with Crippen molar-refractivity contribution < 1.29 is 27.4 Å². The van der Waals surface area contributed by atoms with Crippen LogP contribution in [-0.4, -0.2) is 38.8 Å². The van der Waals surface area contributed by atoms with Crippen LogP contribution in [0.15, 0.2) is 0 Å². The molecule has 6 nitrogen and oxygen atoms in total. The van der Waals surface area contributed by atoms with Gasteiger partial charge in [-0.15, -0.1) is 0 Å². The Morgan fingerprint density at radius 2 is 1.71 bits per heavy atom. The quantitative estimate of drug-likeness (QED) is 0.597. The van der Waals surface area contributed by atoms with Crippen LogP contribution in [0.4, 0.5) is 0 Å². The molecule has 0 aromatic heterocycles. The van der Waals surface area contributed by atoms with Gasteiger partial charge in [-0.2, -0.15) is 0 Å². The van der Waals surface area contributed by atoms with Gasteiger partial charge < -0.3 is 14.0 Å². The molecule has 0 spiro atoms. The third kappa shape index (κ3) is 7.00. The van der Waals surface area contributed by atoms with E-state index in [-0.39, 0.29) is 0 Å². The van der Waals surface area contributed by atoms with Gasteiger partial charge in [0.2, 0.25) is 7.57 Å². The van der Waals surface area contributed by atoms with Crippen LogP contribution in [0, 0.1) is 0 Å². The van der Waals surface area contributed by atoms with Crippen molar-refractivity contribution in [2.24, 2.45) is 0 Å². The Kier molecular flexibility index (Phi) is 4.86. The maximum atomic E-state index is 11.2. The molecule has 0 aliphatic rings. The smallest absolute Gasteiger partial charge is 0.324 e. The van der Waals surface area contributed by atoms with E-state index in [0.29, 0.717) is 0 Å². The lowest BCUT2D eigenvalue weighted by Gasteiger charge is -2.18. The molecule has 0 aliphatic heterocycles. The second kappa shape index (κ2) is 4.65. The second-order valence-corrected chi connectivity index (χ2v) is 10.8. The van der Waals surface area contributed by atoms with E-state index < -0.39 is 28.1 Å². The fourth-order valence-corrected chi connectivity index (χ4v) is 6.47. The van der Waals surface area contributed by atoms with Crippen molar-refractivity contribution in [3.63, 3.8) is 0 Å². The number of hydrogen-bond acceptors (Lipinski definition) is 5. The number of hydrogen-bond donors (Lipinski definition) is 1. The third-order valence-electron chi connectivity index (χ3n) is 1.02. The van der Waals surface area contributed by atoms with Gasteiger partial charge in [0.05, 0.1) is 7.14 Å². The van der Waals surface area contributed by atoms with Crippen molar-refractivity contribution in [3.8, 4) is 0 Å². The molecule has 1 N–H and O–H groups in total. The Morgan fingerprint density at radius 1 is 1.29 bits per heavy atom. The van der Waals surface area contributed by atoms with Gasteiger partial charge >= 0.3 is 7.60 Å². The Hall–Kier alpha value is 0.635. The zero-order chi connectivity index (χ0) is 11.6. The molecule has 0 rings (SSSR count). The highest BCUT2D eigenvalue weighted by Crippen LogP contribution is 2.64. The van der Waals surface area contributed by atoms with Crippen LogP contribution in [0.1, 0.15) is 0 Å². The van der Waals surface area contributed by atoms with Crippen molar-refractivity contribution in [3.05, 3.63) is 0 Å². The minimum absolute atomic E-state index is 0.579. The summed E-state index contributed by atoms with van der Waals surface area (Å²) >= 11 is 0. The van der Waals surface area contributed by atoms with Crippen LogP contribution in [-0.2, 0) is 22.5 Å². The predicted molar refractivity (Wildman–Crippen MR) is 55.6 cm³/mol. The number of rotatable bonds is 5. The molecule has 0 saturated heterocycles. The highest BCUT2D eigenvalue weighted by atomic mass is 31.3. The van der Waals surface area contributed by atoms with Gasteiger partial charge in [-0.25, -0.2) is 4.31 Å². The minimum Gasteiger partial charge on any atom is -0.324 e. The van der Waals surface area contributed by atoms with Crippen LogP contribution in [0.3, 0.4) is 0 Å². The molecule has 0 bridgehead atoms. The van der Waals surface area contributed by atoms with E-state index in [1.54, 1.807) is 0 Å². The minimum atomic E-state index is -4.23. The lowest BCUT2D eigenvalue weighted by molar-refractivity contribution is 0.314. The lowest BCUT2D eigenvalue weighted by Crippen LogP contribution is -1.95. The fraction of sp³-hybridized carbons (Fsp3) is 1.00. The molecule has 14 heavy (non-hydrogen) atoms. The Morgan fingerprint density at radius 3 is 2.00 bits per heavy atom. The maximum Gasteiger partial charge on any atom is 0.341 e. The van der Waals surface area contributed by atoms with E-state index in [1.165, 1.54) is 13.3 Å². The summed E-state index contributed by atoms with van der Waals surface area (Å²) in [6.45, 7) is 2.63. The fourth-order valence-electron chi connectivity index (χ4n) is 0.667. The van der Waals surface area contributed by atoms with Crippen LogP contribution in [0.5, 0.6) is 0 Å². The summed E-state index contributed by atoms with van der Waals surface area (Å²) in [7, 11) is -5.10. The van der Waals surface area contributed by atoms with Gasteiger partial charge in [0.1, 0.15) is 5.90 Å². The average Bonchev–Trinajstić information content (AvgIpc) is 1.78. The van der Waals surface area contributed by atoms with E-state index in [1.807, 2.05) is 0 Å². The van der Waals surface area contributed by atoms with Crippen molar-refractivity contribution in [2.45, 2.75) is 0 Å². The van der Waals surface area contributed by atoms with Crippen LogP contribution >= 0.6 is 22.2 Å². The normalized spacial score (nSPS) is 21.1. The van der Waals surface area contributed by atoms with E-state index in [0.717, 1.165) is 7.11 Å². The first-order valence-electron chi connectivity index (χ1n) is 3.49. The van der Waals surface area contributed by atoms with Gasteiger partial charge in [0.25, 0.3) is 7.47 Å². The molecule has 0 fully saturated rings. The summed E-state index contributed by atoms with van der Waals surface area (Å²) in [4.78, 5) is 9.15. The molecule has 0 aromatic rings. The predicted octanol–water partition coefficient (Wildman–Crippen LogP) is 1.69. The molecule has 10 heteroatoms. The van der Waals surface area contributed by atoms with Crippen LogP contribution in [0.25, 0.3) is 0 Å². The summed E-state index contributed by atoms with van der Waals surface area (Å²) < 4.78 is 41.8. The molecule has 82 valence electrons. The Labute approximate surface area is 84.2 Å². The highest BCUT2D eigenvalue weighted by Gasteiger charge is 2.33. The second-order valence-electron chi connectivity index (χ2n) is 3.16. The molecule has 0 aliphatic carbocycles. The molecule has 2 atom stereocenters. The van der Waals surface area contributed by atoms with Crippen molar-refractivity contribution in [1.82, 2.24) is 0 Å². The molecule has 2 radical (unpaired) electrons. The van der Waals surface area contributed by atoms with Crippen molar-refractivity contribution in [2.75, 3.05) is 26.3 Å². The van der Waals surface area contributed by atoms with E-state index >= 15 is 0 Å². The molecular formula is C4H12BO6P3. The largest absolute Gasteiger partial charge is 0.341 e. The molecule has 0 amide bonds. The van der Waals surface area contributed by atoms with Crippen LogP contribution < -0.4 is 0 Å². The summed E-state index contributed by atoms with van der Waals surface area (Å²) in [5, 5.41) is 0. The van der Waals surface area contributed by atoms with Gasteiger partial charge in [0, 0.05) is 7.11 Å². The summed E-state index contributed by atoms with van der Waals surface area (Å²) in [5.41, 5.74) is 0. The Bertz CT molecular complexity index is 334. The average molecular weight is 260 g/mol. The zero-order valence-corrected chi connectivity index (χ0v) is 10.8. The third-order valence-corrected chi connectivity index (χ3v) is 7.61. The SMILES string of the molecule is [B]P(=O)(OC)OP(=O)(O)CP(C)(C)=O. The van der Waals surface area contributed by atoms with Crippen molar-refractivity contribution >= 4 is 29.8 Å². The molecular weight excluding hydrogens is 248 g/mol. The van der Waals surface area contributed by atoms with Crippen LogP contribution in [0.2, 0.25) is 0 Å². The Balaban J connectivity index is 4.60. The zero-order valence-electron chi connectivity index (χ0n) is 8.11. The van der Waals surface area contributed by atoms with Gasteiger partial charge in [0.15, 0.2) is 0 Å². The summed E-state index contributed by atoms with van der Waals surface area (Å²) in [5.74, 6) is -0.579. The molecule has 2 unspecified atom stereocenters. The summed E-state index contributed by atoms with van der Waals surface area (Å²) in [6.07, 6.45) is 0. The maximum absolute atomic E-state index is 11.2. The first-order valence-corrected chi connectivity index (χ1v) is 9.65.